The number of hydrogen-bond acceptors (Lipinski definition) is 8. The van der Waals surface area contributed by atoms with Gasteiger partial charge >= 0.3 is 17.9 Å². The van der Waals surface area contributed by atoms with Crippen LogP contribution < -0.4 is 5.32 Å². The summed E-state index contributed by atoms with van der Waals surface area (Å²) < 4.78 is 15.5. The summed E-state index contributed by atoms with van der Waals surface area (Å²) in [5.74, 6) is -3.85. The van der Waals surface area contributed by atoms with Gasteiger partial charge in [-0.1, -0.05) is 51.9 Å². The van der Waals surface area contributed by atoms with Crippen LogP contribution in [0.3, 0.4) is 0 Å². The molecule has 2 aliphatic heterocycles. The van der Waals surface area contributed by atoms with Gasteiger partial charge in [-0.05, 0) is 6.42 Å². The molecule has 9 heteroatoms. The van der Waals surface area contributed by atoms with Crippen LogP contribution in [0.1, 0.15) is 78.6 Å². The molecule has 1 N–H and O–H groups in total. The lowest BCUT2D eigenvalue weighted by Gasteiger charge is -2.35. The number of esters is 3. The molecule has 2 fully saturated rings. The van der Waals surface area contributed by atoms with Crippen molar-refractivity contribution < 1.29 is 33.4 Å². The molecule has 2 saturated heterocycles. The van der Waals surface area contributed by atoms with E-state index in [1.807, 2.05) is 0 Å². The molecule has 2 rings (SSSR count). The second-order valence-electron chi connectivity index (χ2n) is 8.67. The number of hydrogen-bond donors (Lipinski definition) is 1. The predicted octanol–water partition coefficient (Wildman–Crippen LogP) is 2.58. The monoisotopic (exact) mass is 452 g/mol. The van der Waals surface area contributed by atoms with Crippen LogP contribution in [-0.2, 0) is 33.4 Å². The van der Waals surface area contributed by atoms with Gasteiger partial charge in [-0.25, -0.2) is 9.59 Å². The summed E-state index contributed by atoms with van der Waals surface area (Å²) in [5, 5.41) is 2.70. The Morgan fingerprint density at radius 1 is 1.06 bits per heavy atom. The molecule has 2 heterocycles. The number of rotatable bonds is 12. The minimum absolute atomic E-state index is 0.178. The number of cyclic esters (lactones) is 2. The van der Waals surface area contributed by atoms with Crippen LogP contribution in [0.5, 0.6) is 0 Å². The summed E-state index contributed by atoms with van der Waals surface area (Å²) in [5.41, 5.74) is -0.309. The Hall–Kier alpha value is -2.58. The van der Waals surface area contributed by atoms with Gasteiger partial charge in [0.25, 0.3) is 5.79 Å². The van der Waals surface area contributed by atoms with Gasteiger partial charge in [-0.3, -0.25) is 9.59 Å². The number of ether oxygens (including phenoxy) is 3. The predicted molar refractivity (Wildman–Crippen MR) is 116 cm³/mol. The van der Waals surface area contributed by atoms with E-state index < -0.39 is 29.7 Å². The van der Waals surface area contributed by atoms with Crippen LogP contribution in [0.2, 0.25) is 0 Å². The van der Waals surface area contributed by atoms with Crippen molar-refractivity contribution in [2.45, 2.75) is 90.4 Å². The summed E-state index contributed by atoms with van der Waals surface area (Å²) in [6.45, 7) is 6.08. The molecular formula is C23H36N2O7. The number of unbranched alkanes of at least 4 members (excludes halogenated alkanes) is 7. The van der Waals surface area contributed by atoms with Gasteiger partial charge in [0.15, 0.2) is 5.57 Å². The second kappa shape index (κ2) is 12.5. The molecule has 0 aliphatic carbocycles. The summed E-state index contributed by atoms with van der Waals surface area (Å²) in [6.07, 6.45) is 10.2. The van der Waals surface area contributed by atoms with Crippen LogP contribution in [-0.4, -0.2) is 60.2 Å². The van der Waals surface area contributed by atoms with E-state index in [9.17, 15) is 19.2 Å². The number of carbonyl (C=O) groups is 4. The van der Waals surface area contributed by atoms with Gasteiger partial charge in [0, 0.05) is 33.1 Å². The first-order chi connectivity index (χ1) is 15.2. The molecule has 0 bridgehead atoms. The fraction of sp³-hybridized carbons (Fsp3) is 0.739. The third-order valence-corrected chi connectivity index (χ3v) is 5.40. The van der Waals surface area contributed by atoms with Crippen molar-refractivity contribution in [3.63, 3.8) is 0 Å². The van der Waals surface area contributed by atoms with E-state index in [0.29, 0.717) is 19.7 Å². The Bertz CT molecular complexity index is 695. The molecule has 0 saturated carbocycles. The third kappa shape index (κ3) is 8.16. The Morgan fingerprint density at radius 3 is 2.28 bits per heavy atom. The maximum atomic E-state index is 12.3. The first kappa shape index (κ1) is 25.7. The van der Waals surface area contributed by atoms with Gasteiger partial charge in [0.1, 0.15) is 6.04 Å². The van der Waals surface area contributed by atoms with Gasteiger partial charge in [-0.15, -0.1) is 0 Å². The van der Waals surface area contributed by atoms with Crippen LogP contribution in [0.15, 0.2) is 11.8 Å². The lowest BCUT2D eigenvalue weighted by atomic mass is 10.1. The van der Waals surface area contributed by atoms with Gasteiger partial charge < -0.3 is 24.4 Å². The molecule has 0 aromatic carbocycles. The molecule has 1 unspecified atom stereocenters. The zero-order valence-electron chi connectivity index (χ0n) is 19.4. The molecule has 0 aromatic rings. The Balaban J connectivity index is 1.82. The number of carbonyl (C=O) groups excluding carboxylic acids is 4. The standard InChI is InChI=1S/C23H36N2O7/c1-4-5-6-7-8-9-10-11-14-30-19(26)15-18-20(27)24-12-13-25(18)16-17-21(28)31-23(2,3)32-22(17)29/h16,18H,4-15H2,1-3H3,(H,24,27). The van der Waals surface area contributed by atoms with Crippen molar-refractivity contribution in [1.82, 2.24) is 10.2 Å². The van der Waals surface area contributed by atoms with Crippen molar-refractivity contribution in [2.24, 2.45) is 0 Å². The normalized spacial score (nSPS) is 20.3. The largest absolute Gasteiger partial charge is 0.466 e. The molecular weight excluding hydrogens is 416 g/mol. The lowest BCUT2D eigenvalue weighted by Crippen LogP contribution is -2.54. The fourth-order valence-electron chi connectivity index (χ4n) is 3.67. The van der Waals surface area contributed by atoms with Gasteiger partial charge in [0.2, 0.25) is 5.91 Å². The molecule has 1 atom stereocenters. The fourth-order valence-corrected chi connectivity index (χ4v) is 3.67. The zero-order chi connectivity index (χ0) is 23.6. The number of amides is 1. The average Bonchev–Trinajstić information content (AvgIpc) is 2.71. The van der Waals surface area contributed by atoms with Crippen LogP contribution in [0, 0.1) is 0 Å². The lowest BCUT2D eigenvalue weighted by molar-refractivity contribution is -0.222. The van der Waals surface area contributed by atoms with Crippen LogP contribution in [0.25, 0.3) is 0 Å². The quantitative estimate of drug-likeness (QED) is 0.208. The molecule has 32 heavy (non-hydrogen) atoms. The highest BCUT2D eigenvalue weighted by Gasteiger charge is 2.40. The highest BCUT2D eigenvalue weighted by molar-refractivity contribution is 6.15. The average molecular weight is 453 g/mol. The summed E-state index contributed by atoms with van der Waals surface area (Å²) in [6, 6.07) is -0.877. The van der Waals surface area contributed by atoms with Crippen molar-refractivity contribution in [3.05, 3.63) is 11.8 Å². The molecule has 2 aliphatic rings. The summed E-state index contributed by atoms with van der Waals surface area (Å²) >= 11 is 0. The van der Waals surface area contributed by atoms with E-state index in [1.165, 1.54) is 57.1 Å². The summed E-state index contributed by atoms with van der Waals surface area (Å²) in [4.78, 5) is 50.5. The molecule has 1 amide bonds. The zero-order valence-corrected chi connectivity index (χ0v) is 19.4. The molecule has 0 aromatic heterocycles. The molecule has 9 nitrogen and oxygen atoms in total. The van der Waals surface area contributed by atoms with Crippen molar-refractivity contribution in [3.8, 4) is 0 Å². The number of nitrogens with zero attached hydrogens (tertiary/aromatic N) is 1. The smallest absolute Gasteiger partial charge is 0.350 e. The molecule has 180 valence electrons. The SMILES string of the molecule is CCCCCCCCCCOC(=O)CC1C(=O)NCCN1C=C1C(=O)OC(C)(C)OC1=O. The van der Waals surface area contributed by atoms with E-state index in [4.69, 9.17) is 14.2 Å². The third-order valence-electron chi connectivity index (χ3n) is 5.40. The summed E-state index contributed by atoms with van der Waals surface area (Å²) in [7, 11) is 0. The second-order valence-corrected chi connectivity index (χ2v) is 8.67. The minimum atomic E-state index is -1.34. The van der Waals surface area contributed by atoms with E-state index in [1.54, 1.807) is 0 Å². The van der Waals surface area contributed by atoms with E-state index in [0.717, 1.165) is 19.3 Å². The van der Waals surface area contributed by atoms with E-state index in [-0.39, 0.29) is 17.9 Å². The Kier molecular flexibility index (Phi) is 9.99. The van der Waals surface area contributed by atoms with Gasteiger partial charge in [0.05, 0.1) is 13.0 Å². The van der Waals surface area contributed by atoms with Gasteiger partial charge in [-0.2, -0.15) is 0 Å². The van der Waals surface area contributed by atoms with Crippen molar-refractivity contribution in [2.75, 3.05) is 19.7 Å². The minimum Gasteiger partial charge on any atom is -0.466 e. The number of nitrogens with one attached hydrogen (secondary N) is 1. The maximum Gasteiger partial charge on any atom is 0.350 e. The Morgan fingerprint density at radius 2 is 1.66 bits per heavy atom. The number of piperazine rings is 1. The first-order valence-corrected chi connectivity index (χ1v) is 11.6. The van der Waals surface area contributed by atoms with Crippen LogP contribution in [0.4, 0.5) is 0 Å². The topological polar surface area (TPSA) is 111 Å². The molecule has 0 radical (unpaired) electrons. The maximum absolute atomic E-state index is 12.3. The van der Waals surface area contributed by atoms with Crippen LogP contribution >= 0.6 is 0 Å². The first-order valence-electron chi connectivity index (χ1n) is 11.6. The highest BCUT2D eigenvalue weighted by atomic mass is 16.7. The van der Waals surface area contributed by atoms with E-state index >= 15 is 0 Å². The Labute approximate surface area is 189 Å². The van der Waals surface area contributed by atoms with Crippen molar-refractivity contribution in [1.29, 1.82) is 0 Å². The highest BCUT2D eigenvalue weighted by Crippen LogP contribution is 2.24. The molecule has 0 spiro atoms. The van der Waals surface area contributed by atoms with E-state index in [2.05, 4.69) is 12.2 Å². The van der Waals surface area contributed by atoms with Crippen molar-refractivity contribution >= 4 is 23.8 Å².